The molecule has 3 aliphatic rings. The molecule has 6 rings (SSSR count). The van der Waals surface area contributed by atoms with Crippen LogP contribution in [0.3, 0.4) is 0 Å². The minimum absolute atomic E-state index is 0.0988. The molecule has 1 saturated heterocycles. The van der Waals surface area contributed by atoms with Gasteiger partial charge >= 0.3 is 6.01 Å². The van der Waals surface area contributed by atoms with Gasteiger partial charge in [-0.25, -0.2) is 8.78 Å². The van der Waals surface area contributed by atoms with Crippen LogP contribution >= 0.6 is 0 Å². The zero-order valence-corrected chi connectivity index (χ0v) is 22.8. The van der Waals surface area contributed by atoms with Gasteiger partial charge in [-0.3, -0.25) is 4.79 Å². The predicted octanol–water partition coefficient (Wildman–Crippen LogP) is 5.36. The number of likely N-dealkylation sites (tertiary alicyclic amines) is 1. The van der Waals surface area contributed by atoms with Crippen LogP contribution in [0, 0.1) is 11.7 Å². The second-order valence-corrected chi connectivity index (χ2v) is 11.2. The van der Waals surface area contributed by atoms with E-state index in [9.17, 15) is 9.18 Å². The summed E-state index contributed by atoms with van der Waals surface area (Å²) in [6.45, 7) is 4.80. The normalized spacial score (nSPS) is 21.8. The van der Waals surface area contributed by atoms with Crippen molar-refractivity contribution in [3.8, 4) is 17.1 Å². The minimum atomic E-state index is -1.05. The Morgan fingerprint density at radius 2 is 2.00 bits per heavy atom. The molecule has 1 aromatic heterocycles. The molecule has 0 bridgehead atoms. The third-order valence-corrected chi connectivity index (χ3v) is 8.81. The highest BCUT2D eigenvalue weighted by atomic mass is 19.1. The molecule has 3 aromatic rings. The highest BCUT2D eigenvalue weighted by molar-refractivity contribution is 5.94. The van der Waals surface area contributed by atoms with Gasteiger partial charge < -0.3 is 20.3 Å². The van der Waals surface area contributed by atoms with Crippen molar-refractivity contribution >= 4 is 22.6 Å². The largest absolute Gasteiger partial charge is 0.462 e. The van der Waals surface area contributed by atoms with Gasteiger partial charge in [0.25, 0.3) is 5.91 Å². The van der Waals surface area contributed by atoms with Gasteiger partial charge in [0, 0.05) is 30.1 Å². The molecule has 2 aromatic carbocycles. The van der Waals surface area contributed by atoms with Gasteiger partial charge in [-0.05, 0) is 80.3 Å². The molecule has 2 aliphatic carbocycles. The van der Waals surface area contributed by atoms with Crippen LogP contribution in [-0.4, -0.2) is 60.1 Å². The quantitative estimate of drug-likeness (QED) is 0.277. The van der Waals surface area contributed by atoms with Gasteiger partial charge in [0.05, 0.1) is 0 Å². The second kappa shape index (κ2) is 11.1. The minimum Gasteiger partial charge on any atom is -0.462 e. The zero-order chi connectivity index (χ0) is 27.8. The van der Waals surface area contributed by atoms with E-state index in [1.807, 2.05) is 24.3 Å². The lowest BCUT2D eigenvalue weighted by Gasteiger charge is -2.20. The van der Waals surface area contributed by atoms with Gasteiger partial charge in [0.1, 0.15) is 17.9 Å². The molecule has 2 fully saturated rings. The third-order valence-electron chi connectivity index (χ3n) is 8.81. The van der Waals surface area contributed by atoms with Gasteiger partial charge in [0.15, 0.2) is 11.6 Å². The van der Waals surface area contributed by atoms with Crippen LogP contribution in [0.4, 0.5) is 14.6 Å². The number of hydrogen-bond acceptors (Lipinski definition) is 6. The fraction of sp³-hybridized carbons (Fsp3) is 0.452. The van der Waals surface area contributed by atoms with Crippen molar-refractivity contribution < 1.29 is 18.3 Å². The van der Waals surface area contributed by atoms with Crippen molar-refractivity contribution in [2.24, 2.45) is 5.92 Å². The van der Waals surface area contributed by atoms with Crippen LogP contribution in [0.5, 0.6) is 6.01 Å². The zero-order valence-electron chi connectivity index (χ0n) is 22.8. The summed E-state index contributed by atoms with van der Waals surface area (Å²) >= 11 is 0. The lowest BCUT2D eigenvalue weighted by molar-refractivity contribution is -0.118. The lowest BCUT2D eigenvalue weighted by atomic mass is 9.89. The van der Waals surface area contributed by atoms with Gasteiger partial charge in [-0.2, -0.15) is 9.97 Å². The molecule has 40 heavy (non-hydrogen) atoms. The molecule has 2 heterocycles. The van der Waals surface area contributed by atoms with Crippen LogP contribution in [0.15, 0.2) is 42.7 Å². The number of carbonyl (C=O) groups excluding carboxylic acids is 1. The van der Waals surface area contributed by atoms with Crippen molar-refractivity contribution in [3.63, 3.8) is 0 Å². The predicted molar refractivity (Wildman–Crippen MR) is 152 cm³/mol. The fourth-order valence-electron chi connectivity index (χ4n) is 6.77. The SMILES string of the molecule is C=C(F)C(=O)NCCNc1nc(OC[C@@H]2CCCN2C)nc2c(F)c(-c3cccc4c3C3CCCC3C4)ccc12. The van der Waals surface area contributed by atoms with Crippen molar-refractivity contribution in [2.75, 3.05) is 38.6 Å². The highest BCUT2D eigenvalue weighted by Crippen LogP contribution is 2.51. The fourth-order valence-corrected chi connectivity index (χ4v) is 6.77. The van der Waals surface area contributed by atoms with Crippen molar-refractivity contribution in [2.45, 2.75) is 50.5 Å². The first kappa shape index (κ1) is 26.6. The Hall–Kier alpha value is -3.59. The number of aromatic nitrogens is 2. The maximum absolute atomic E-state index is 16.4. The van der Waals surface area contributed by atoms with Gasteiger partial charge in [0.2, 0.25) is 0 Å². The number of nitrogens with one attached hydrogen (secondary N) is 2. The number of ether oxygens (including phenoxy) is 1. The topological polar surface area (TPSA) is 79.4 Å². The third kappa shape index (κ3) is 5.03. The molecule has 0 radical (unpaired) electrons. The Morgan fingerprint density at radius 3 is 2.80 bits per heavy atom. The molecular weight excluding hydrogens is 512 g/mol. The maximum atomic E-state index is 16.4. The van der Waals surface area contributed by atoms with Crippen LogP contribution in [0.1, 0.15) is 49.1 Å². The highest BCUT2D eigenvalue weighted by Gasteiger charge is 2.38. The number of halogens is 2. The Morgan fingerprint density at radius 1 is 1.12 bits per heavy atom. The van der Waals surface area contributed by atoms with E-state index in [0.29, 0.717) is 35.2 Å². The van der Waals surface area contributed by atoms with E-state index >= 15 is 4.39 Å². The first-order chi connectivity index (χ1) is 19.4. The monoisotopic (exact) mass is 547 g/mol. The maximum Gasteiger partial charge on any atom is 0.319 e. The van der Waals surface area contributed by atoms with E-state index in [-0.39, 0.29) is 30.7 Å². The van der Waals surface area contributed by atoms with Crippen LogP contribution in [0.2, 0.25) is 0 Å². The Kier molecular flexibility index (Phi) is 7.40. The standard InChI is InChI=1S/C31H35F2N5O2/c1-18(32)30(39)35-14-13-34-29-25-12-11-24(23-10-4-7-20-16-19-6-3-9-22(19)26(20)23)27(33)28(25)36-31(37-29)40-17-21-8-5-15-38(21)2/h4,7,10-12,19,21-22H,1,3,5-6,8-9,13-17H2,2H3,(H,35,39)(H,34,36,37)/t19?,21-,22?/m0/s1. The number of likely N-dealkylation sites (N-methyl/N-ethyl adjacent to an activating group) is 1. The van der Waals surface area contributed by atoms with Gasteiger partial charge in [-0.15, -0.1) is 0 Å². The number of anilines is 1. The Labute approximate surface area is 233 Å². The molecule has 0 spiro atoms. The molecule has 1 amide bonds. The summed E-state index contributed by atoms with van der Waals surface area (Å²) in [4.78, 5) is 22.9. The molecule has 1 aliphatic heterocycles. The average molecular weight is 548 g/mol. The molecule has 7 nitrogen and oxygen atoms in total. The lowest BCUT2D eigenvalue weighted by Crippen LogP contribution is -2.31. The van der Waals surface area contributed by atoms with Crippen LogP contribution in [-0.2, 0) is 11.2 Å². The van der Waals surface area contributed by atoms with Gasteiger partial charge in [-0.1, -0.05) is 37.3 Å². The van der Waals surface area contributed by atoms with Crippen molar-refractivity contribution in [3.05, 3.63) is 59.7 Å². The molecule has 2 unspecified atom stereocenters. The number of carbonyl (C=O) groups is 1. The molecule has 9 heteroatoms. The summed E-state index contributed by atoms with van der Waals surface area (Å²) < 4.78 is 35.5. The summed E-state index contributed by atoms with van der Waals surface area (Å²) in [6.07, 6.45) is 6.81. The number of amides is 1. The van der Waals surface area contributed by atoms with E-state index in [1.165, 1.54) is 24.0 Å². The number of fused-ring (bicyclic) bond motifs is 4. The summed E-state index contributed by atoms with van der Waals surface area (Å²) in [5.41, 5.74) is 4.30. The van der Waals surface area contributed by atoms with Crippen LogP contribution < -0.4 is 15.4 Å². The van der Waals surface area contributed by atoms with E-state index in [1.54, 1.807) is 0 Å². The summed E-state index contributed by atoms with van der Waals surface area (Å²) in [5, 5.41) is 6.09. The number of benzene rings is 2. The first-order valence-electron chi connectivity index (χ1n) is 14.2. The summed E-state index contributed by atoms with van der Waals surface area (Å²) in [7, 11) is 2.06. The molecule has 1 saturated carbocycles. The average Bonchev–Trinajstić information content (AvgIpc) is 3.66. The molecule has 2 N–H and O–H groups in total. The van der Waals surface area contributed by atoms with E-state index in [2.05, 4.69) is 45.2 Å². The Bertz CT molecular complexity index is 1460. The van der Waals surface area contributed by atoms with Crippen molar-refractivity contribution in [1.29, 1.82) is 0 Å². The van der Waals surface area contributed by atoms with Crippen molar-refractivity contribution in [1.82, 2.24) is 20.2 Å². The summed E-state index contributed by atoms with van der Waals surface area (Å²) in [5.74, 6) is -0.778. The number of hydrogen-bond donors (Lipinski definition) is 2. The molecular formula is C31H35F2N5O2. The van der Waals surface area contributed by atoms with E-state index < -0.39 is 17.6 Å². The number of rotatable bonds is 9. The smallest absolute Gasteiger partial charge is 0.319 e. The first-order valence-corrected chi connectivity index (χ1v) is 14.2. The van der Waals surface area contributed by atoms with Crippen LogP contribution in [0.25, 0.3) is 22.0 Å². The van der Waals surface area contributed by atoms with E-state index in [4.69, 9.17) is 4.74 Å². The Balaban J connectivity index is 1.34. The second-order valence-electron chi connectivity index (χ2n) is 11.2. The molecule has 3 atom stereocenters. The number of nitrogens with zero attached hydrogens (tertiary/aromatic N) is 3. The summed E-state index contributed by atoms with van der Waals surface area (Å²) in [6, 6.07) is 10.2. The molecule has 210 valence electrons. The van der Waals surface area contributed by atoms with E-state index in [0.717, 1.165) is 37.8 Å².